The van der Waals surface area contributed by atoms with Gasteiger partial charge in [0.2, 0.25) is 0 Å². The van der Waals surface area contributed by atoms with Crippen molar-refractivity contribution in [1.29, 1.82) is 0 Å². The Bertz CT molecular complexity index is 215. The molecule has 2 nitrogen and oxygen atoms in total. The SMILES string of the molecule is CCC/C=C\CCOC(=O)CCCCCCCBr. The Balaban J connectivity index is 3.22. The summed E-state index contributed by atoms with van der Waals surface area (Å²) in [5.74, 6) is -0.0422. The Morgan fingerprint density at radius 3 is 2.44 bits per heavy atom. The fraction of sp³-hybridized carbons (Fsp3) is 0.800. The summed E-state index contributed by atoms with van der Waals surface area (Å²) >= 11 is 3.41. The van der Waals surface area contributed by atoms with Gasteiger partial charge in [0, 0.05) is 11.8 Å². The third kappa shape index (κ3) is 13.8. The Labute approximate surface area is 120 Å². The second kappa shape index (κ2) is 14.7. The first-order valence-electron chi connectivity index (χ1n) is 7.17. The van der Waals surface area contributed by atoms with Crippen molar-refractivity contribution in [2.45, 2.75) is 64.7 Å². The Kier molecular flexibility index (Phi) is 14.5. The Morgan fingerprint density at radius 2 is 1.72 bits per heavy atom. The van der Waals surface area contributed by atoms with Crippen LogP contribution in [0.4, 0.5) is 0 Å². The molecule has 0 aliphatic carbocycles. The smallest absolute Gasteiger partial charge is 0.305 e. The van der Waals surface area contributed by atoms with E-state index in [9.17, 15) is 4.79 Å². The summed E-state index contributed by atoms with van der Waals surface area (Å²) in [4.78, 5) is 11.4. The molecule has 0 atom stereocenters. The molecular formula is C15H27BrO2. The van der Waals surface area contributed by atoms with Crippen molar-refractivity contribution in [3.05, 3.63) is 12.2 Å². The minimum Gasteiger partial charge on any atom is -0.465 e. The summed E-state index contributed by atoms with van der Waals surface area (Å²) in [5.41, 5.74) is 0. The highest BCUT2D eigenvalue weighted by molar-refractivity contribution is 9.09. The molecule has 0 aliphatic heterocycles. The maximum absolute atomic E-state index is 11.4. The zero-order valence-electron chi connectivity index (χ0n) is 11.6. The van der Waals surface area contributed by atoms with Gasteiger partial charge in [0.15, 0.2) is 0 Å². The molecule has 0 amide bonds. The Hall–Kier alpha value is -0.310. The fourth-order valence-electron chi connectivity index (χ4n) is 1.61. The van der Waals surface area contributed by atoms with Crippen LogP contribution in [0, 0.1) is 0 Å². The number of allylic oxidation sites excluding steroid dienone is 1. The second-order valence-electron chi connectivity index (χ2n) is 4.48. The van der Waals surface area contributed by atoms with Gasteiger partial charge in [0.1, 0.15) is 0 Å². The first-order chi connectivity index (χ1) is 8.81. The molecule has 0 rings (SSSR count). The lowest BCUT2D eigenvalue weighted by Gasteiger charge is -2.03. The lowest BCUT2D eigenvalue weighted by atomic mass is 10.1. The molecule has 0 aromatic heterocycles. The molecule has 18 heavy (non-hydrogen) atoms. The van der Waals surface area contributed by atoms with Crippen LogP contribution in [0.1, 0.15) is 64.7 Å². The lowest BCUT2D eigenvalue weighted by Crippen LogP contribution is -2.04. The molecule has 106 valence electrons. The number of alkyl halides is 1. The molecule has 0 bridgehead atoms. The molecule has 0 spiro atoms. The van der Waals surface area contributed by atoms with Crippen LogP contribution in [0.5, 0.6) is 0 Å². The average molecular weight is 319 g/mol. The van der Waals surface area contributed by atoms with Crippen LogP contribution in [-0.4, -0.2) is 17.9 Å². The average Bonchev–Trinajstić information content (AvgIpc) is 2.38. The molecule has 0 fully saturated rings. The minimum absolute atomic E-state index is 0.0422. The van der Waals surface area contributed by atoms with Crippen LogP contribution in [-0.2, 0) is 9.53 Å². The molecule has 0 saturated carbocycles. The van der Waals surface area contributed by atoms with E-state index in [0.29, 0.717) is 13.0 Å². The first kappa shape index (κ1) is 17.7. The fourth-order valence-corrected chi connectivity index (χ4v) is 2.01. The van der Waals surface area contributed by atoms with Gasteiger partial charge in [0.25, 0.3) is 0 Å². The maximum atomic E-state index is 11.4. The molecule has 3 heteroatoms. The van der Waals surface area contributed by atoms with Crippen molar-refractivity contribution in [3.8, 4) is 0 Å². The molecule has 0 saturated heterocycles. The topological polar surface area (TPSA) is 26.3 Å². The monoisotopic (exact) mass is 318 g/mol. The van der Waals surface area contributed by atoms with Crippen LogP contribution in [0.15, 0.2) is 12.2 Å². The molecule has 0 aromatic rings. The number of carbonyl (C=O) groups is 1. The normalized spacial score (nSPS) is 11.0. The molecule has 0 N–H and O–H groups in total. The maximum Gasteiger partial charge on any atom is 0.305 e. The number of unbranched alkanes of at least 4 members (excludes halogenated alkanes) is 5. The number of esters is 1. The lowest BCUT2D eigenvalue weighted by molar-refractivity contribution is -0.143. The van der Waals surface area contributed by atoms with Crippen LogP contribution >= 0.6 is 15.9 Å². The zero-order chi connectivity index (χ0) is 13.5. The van der Waals surface area contributed by atoms with E-state index in [4.69, 9.17) is 4.74 Å². The van der Waals surface area contributed by atoms with Gasteiger partial charge in [-0.05, 0) is 25.7 Å². The standard InChI is InChI=1S/C15H27BrO2/c1-2-3-4-8-11-14-18-15(17)12-9-6-5-7-10-13-16/h4,8H,2-3,5-7,9-14H2,1H3/b8-4-. The van der Waals surface area contributed by atoms with Crippen molar-refractivity contribution in [1.82, 2.24) is 0 Å². The van der Waals surface area contributed by atoms with Gasteiger partial charge in [-0.3, -0.25) is 4.79 Å². The third-order valence-corrected chi connectivity index (χ3v) is 3.24. The zero-order valence-corrected chi connectivity index (χ0v) is 13.2. The first-order valence-corrected chi connectivity index (χ1v) is 8.30. The van der Waals surface area contributed by atoms with Gasteiger partial charge in [-0.15, -0.1) is 0 Å². The van der Waals surface area contributed by atoms with Crippen LogP contribution in [0.25, 0.3) is 0 Å². The highest BCUT2D eigenvalue weighted by Crippen LogP contribution is 2.07. The number of hydrogen-bond acceptors (Lipinski definition) is 2. The van der Waals surface area contributed by atoms with E-state index in [1.165, 1.54) is 25.7 Å². The van der Waals surface area contributed by atoms with Gasteiger partial charge in [-0.1, -0.05) is 60.7 Å². The van der Waals surface area contributed by atoms with E-state index in [0.717, 1.165) is 31.0 Å². The van der Waals surface area contributed by atoms with E-state index >= 15 is 0 Å². The summed E-state index contributed by atoms with van der Waals surface area (Å²) in [7, 11) is 0. The van der Waals surface area contributed by atoms with Crippen LogP contribution in [0.3, 0.4) is 0 Å². The molecular weight excluding hydrogens is 292 g/mol. The summed E-state index contributed by atoms with van der Waals surface area (Å²) in [6.45, 7) is 2.69. The highest BCUT2D eigenvalue weighted by Gasteiger charge is 2.01. The van der Waals surface area contributed by atoms with Gasteiger partial charge in [-0.25, -0.2) is 0 Å². The number of carbonyl (C=O) groups excluding carboxylic acids is 1. The number of halogens is 1. The van der Waals surface area contributed by atoms with Crippen molar-refractivity contribution in [2.24, 2.45) is 0 Å². The largest absolute Gasteiger partial charge is 0.465 e. The number of hydrogen-bond donors (Lipinski definition) is 0. The summed E-state index contributed by atoms with van der Waals surface area (Å²) in [6.07, 6.45) is 13.8. The summed E-state index contributed by atoms with van der Waals surface area (Å²) < 4.78 is 5.15. The molecule has 0 unspecified atom stereocenters. The quantitative estimate of drug-likeness (QED) is 0.219. The Morgan fingerprint density at radius 1 is 1.06 bits per heavy atom. The summed E-state index contributed by atoms with van der Waals surface area (Å²) in [5, 5.41) is 1.08. The van der Waals surface area contributed by atoms with Gasteiger partial charge >= 0.3 is 5.97 Å². The summed E-state index contributed by atoms with van der Waals surface area (Å²) in [6, 6.07) is 0. The second-order valence-corrected chi connectivity index (χ2v) is 5.27. The van der Waals surface area contributed by atoms with E-state index < -0.39 is 0 Å². The number of rotatable bonds is 12. The number of ether oxygens (including phenoxy) is 1. The van der Waals surface area contributed by atoms with E-state index in [1.54, 1.807) is 0 Å². The van der Waals surface area contributed by atoms with Crippen molar-refractivity contribution < 1.29 is 9.53 Å². The van der Waals surface area contributed by atoms with Crippen LogP contribution in [0.2, 0.25) is 0 Å². The third-order valence-electron chi connectivity index (χ3n) is 2.68. The predicted octanol–water partition coefficient (Wildman–Crippen LogP) is 5.01. The van der Waals surface area contributed by atoms with E-state index in [2.05, 4.69) is 35.0 Å². The van der Waals surface area contributed by atoms with Crippen LogP contribution < -0.4 is 0 Å². The van der Waals surface area contributed by atoms with Crippen molar-refractivity contribution in [3.63, 3.8) is 0 Å². The molecule has 0 radical (unpaired) electrons. The van der Waals surface area contributed by atoms with Gasteiger partial charge < -0.3 is 4.74 Å². The predicted molar refractivity (Wildman–Crippen MR) is 81.1 cm³/mol. The van der Waals surface area contributed by atoms with E-state index in [1.807, 2.05) is 0 Å². The van der Waals surface area contributed by atoms with Gasteiger partial charge in [-0.2, -0.15) is 0 Å². The van der Waals surface area contributed by atoms with Crippen molar-refractivity contribution in [2.75, 3.05) is 11.9 Å². The molecule has 0 aromatic carbocycles. The molecule has 0 heterocycles. The van der Waals surface area contributed by atoms with Crippen molar-refractivity contribution >= 4 is 21.9 Å². The van der Waals surface area contributed by atoms with E-state index in [-0.39, 0.29) is 5.97 Å². The highest BCUT2D eigenvalue weighted by atomic mass is 79.9. The minimum atomic E-state index is -0.0422. The van der Waals surface area contributed by atoms with Gasteiger partial charge in [0.05, 0.1) is 6.61 Å². The molecule has 0 aliphatic rings.